The number of hydrogen-bond acceptors (Lipinski definition) is 3. The van der Waals surface area contributed by atoms with Crippen molar-refractivity contribution in [2.75, 3.05) is 7.11 Å². The van der Waals surface area contributed by atoms with Gasteiger partial charge in [-0.1, -0.05) is 39.0 Å². The molecule has 0 spiro atoms. The number of rotatable bonds is 3. The van der Waals surface area contributed by atoms with Crippen molar-refractivity contribution >= 4 is 12.4 Å². The van der Waals surface area contributed by atoms with Crippen LogP contribution in [-0.4, -0.2) is 18.3 Å². The van der Waals surface area contributed by atoms with Crippen LogP contribution in [0.5, 0.6) is 5.75 Å². The maximum absolute atomic E-state index is 10.1. The number of methoxy groups -OCH3 is 1. The van der Waals surface area contributed by atoms with Gasteiger partial charge in [0.25, 0.3) is 0 Å². The van der Waals surface area contributed by atoms with Crippen LogP contribution in [0.3, 0.4) is 0 Å². The minimum absolute atomic E-state index is 0. The Balaban J connectivity index is 0.00000256. The normalized spacial score (nSPS) is 14.7. The van der Waals surface area contributed by atoms with E-state index < -0.39 is 12.1 Å². The van der Waals surface area contributed by atoms with Crippen LogP contribution in [-0.2, 0) is 0 Å². The molecule has 1 aromatic rings. The van der Waals surface area contributed by atoms with E-state index in [2.05, 4.69) is 0 Å². The van der Waals surface area contributed by atoms with Crippen LogP contribution in [0.1, 0.15) is 32.4 Å². The second-order valence-corrected chi connectivity index (χ2v) is 5.08. The minimum atomic E-state index is -0.608. The Kier molecular flexibility index (Phi) is 5.96. The summed E-state index contributed by atoms with van der Waals surface area (Å²) in [6.45, 7) is 5.90. The molecule has 0 amide bonds. The molecule has 0 saturated heterocycles. The zero-order valence-corrected chi connectivity index (χ0v) is 11.6. The molecule has 0 fully saturated rings. The van der Waals surface area contributed by atoms with Gasteiger partial charge in [-0.15, -0.1) is 12.4 Å². The highest BCUT2D eigenvalue weighted by molar-refractivity contribution is 5.85. The van der Waals surface area contributed by atoms with Gasteiger partial charge in [-0.05, 0) is 11.5 Å². The average Bonchev–Trinajstić information content (AvgIpc) is 2.25. The summed E-state index contributed by atoms with van der Waals surface area (Å²) < 4.78 is 5.24. The minimum Gasteiger partial charge on any atom is -0.496 e. The largest absolute Gasteiger partial charge is 0.496 e. The van der Waals surface area contributed by atoms with Crippen LogP contribution in [0.15, 0.2) is 24.3 Å². The van der Waals surface area contributed by atoms with Crippen LogP contribution in [0.4, 0.5) is 0 Å². The number of ether oxygens (including phenoxy) is 1. The second-order valence-electron chi connectivity index (χ2n) is 5.08. The van der Waals surface area contributed by atoms with Crippen molar-refractivity contribution in [1.29, 1.82) is 0 Å². The Labute approximate surface area is 109 Å². The van der Waals surface area contributed by atoms with E-state index >= 15 is 0 Å². The van der Waals surface area contributed by atoms with Gasteiger partial charge in [0.05, 0.1) is 19.3 Å². The van der Waals surface area contributed by atoms with Crippen LogP contribution in [0.2, 0.25) is 0 Å². The van der Waals surface area contributed by atoms with Gasteiger partial charge >= 0.3 is 0 Å². The van der Waals surface area contributed by atoms with Crippen molar-refractivity contribution < 1.29 is 9.84 Å². The number of hydrogen-bond donors (Lipinski definition) is 2. The van der Waals surface area contributed by atoms with E-state index in [4.69, 9.17) is 10.5 Å². The van der Waals surface area contributed by atoms with Crippen molar-refractivity contribution in [2.45, 2.75) is 32.9 Å². The number of halogens is 1. The molecule has 1 rings (SSSR count). The predicted octanol–water partition coefficient (Wildman–Crippen LogP) is 2.52. The summed E-state index contributed by atoms with van der Waals surface area (Å²) >= 11 is 0. The average molecular weight is 260 g/mol. The summed E-state index contributed by atoms with van der Waals surface area (Å²) in [6, 6.07) is 7.09. The Bertz CT molecular complexity index is 350. The third-order valence-electron chi connectivity index (χ3n) is 2.73. The summed E-state index contributed by atoms with van der Waals surface area (Å²) in [5.74, 6) is 0.721. The molecule has 4 heteroatoms. The van der Waals surface area contributed by atoms with Gasteiger partial charge in [0.2, 0.25) is 0 Å². The summed E-state index contributed by atoms with van der Waals surface area (Å²) in [5.41, 5.74) is 6.66. The molecule has 0 heterocycles. The summed E-state index contributed by atoms with van der Waals surface area (Å²) in [5, 5.41) is 10.1. The fourth-order valence-electron chi connectivity index (χ4n) is 1.65. The lowest BCUT2D eigenvalue weighted by Crippen LogP contribution is -2.37. The number of benzene rings is 1. The zero-order valence-electron chi connectivity index (χ0n) is 10.8. The quantitative estimate of drug-likeness (QED) is 0.877. The lowest BCUT2D eigenvalue weighted by atomic mass is 9.82. The fourth-order valence-corrected chi connectivity index (χ4v) is 1.65. The Morgan fingerprint density at radius 3 is 2.24 bits per heavy atom. The molecule has 0 radical (unpaired) electrons. The molecule has 0 unspecified atom stereocenters. The summed E-state index contributed by atoms with van der Waals surface area (Å²) in [6.07, 6.45) is -0.608. The maximum Gasteiger partial charge on any atom is 0.123 e. The lowest BCUT2D eigenvalue weighted by Gasteiger charge is -2.31. The fraction of sp³-hybridized carbons (Fsp3) is 0.538. The van der Waals surface area contributed by atoms with E-state index in [9.17, 15) is 5.11 Å². The molecule has 98 valence electrons. The van der Waals surface area contributed by atoms with Gasteiger partial charge < -0.3 is 15.6 Å². The molecule has 0 aromatic heterocycles. The molecule has 0 aliphatic carbocycles. The van der Waals surface area contributed by atoms with Crippen LogP contribution in [0, 0.1) is 5.41 Å². The SMILES string of the molecule is COc1ccccc1[C@@H](N)[C@@H](O)C(C)(C)C.Cl. The number of para-hydroxylation sites is 1. The van der Waals surface area contributed by atoms with Crippen molar-refractivity contribution in [3.63, 3.8) is 0 Å². The van der Waals surface area contributed by atoms with E-state index in [-0.39, 0.29) is 17.8 Å². The third-order valence-corrected chi connectivity index (χ3v) is 2.73. The Morgan fingerprint density at radius 2 is 1.76 bits per heavy atom. The highest BCUT2D eigenvalue weighted by Crippen LogP contribution is 2.32. The van der Waals surface area contributed by atoms with Gasteiger partial charge in [-0.3, -0.25) is 0 Å². The van der Waals surface area contributed by atoms with Gasteiger partial charge in [-0.25, -0.2) is 0 Å². The number of nitrogens with two attached hydrogens (primary N) is 1. The van der Waals surface area contributed by atoms with Crippen molar-refractivity contribution in [3.05, 3.63) is 29.8 Å². The van der Waals surface area contributed by atoms with Crippen LogP contribution in [0.25, 0.3) is 0 Å². The van der Waals surface area contributed by atoms with E-state index in [0.29, 0.717) is 0 Å². The van der Waals surface area contributed by atoms with Crippen molar-refractivity contribution in [2.24, 2.45) is 11.1 Å². The van der Waals surface area contributed by atoms with E-state index in [0.717, 1.165) is 11.3 Å². The highest BCUT2D eigenvalue weighted by Gasteiger charge is 2.30. The van der Waals surface area contributed by atoms with Gasteiger partial charge in [0, 0.05) is 5.56 Å². The first kappa shape index (κ1) is 16.2. The van der Waals surface area contributed by atoms with Crippen molar-refractivity contribution in [1.82, 2.24) is 0 Å². The van der Waals surface area contributed by atoms with E-state index in [1.54, 1.807) is 7.11 Å². The molecular weight excluding hydrogens is 238 g/mol. The molecule has 17 heavy (non-hydrogen) atoms. The molecule has 2 atom stereocenters. The topological polar surface area (TPSA) is 55.5 Å². The standard InChI is InChI=1S/C13H21NO2.ClH/c1-13(2,3)12(15)11(14)9-7-5-6-8-10(9)16-4;/h5-8,11-12,15H,14H2,1-4H3;1H/t11-,12-;/m1./s1. The number of aliphatic hydroxyl groups is 1. The Hall–Kier alpha value is -0.770. The molecule has 3 N–H and O–H groups in total. The Morgan fingerprint density at radius 1 is 1.24 bits per heavy atom. The zero-order chi connectivity index (χ0) is 12.3. The van der Waals surface area contributed by atoms with Gasteiger partial charge in [-0.2, -0.15) is 0 Å². The van der Waals surface area contributed by atoms with Gasteiger partial charge in [0.1, 0.15) is 5.75 Å². The third kappa shape index (κ3) is 3.87. The molecule has 3 nitrogen and oxygen atoms in total. The summed E-state index contributed by atoms with van der Waals surface area (Å²) in [4.78, 5) is 0. The second kappa shape index (κ2) is 6.24. The first-order chi connectivity index (χ1) is 7.38. The highest BCUT2D eigenvalue weighted by atomic mass is 35.5. The monoisotopic (exact) mass is 259 g/mol. The lowest BCUT2D eigenvalue weighted by molar-refractivity contribution is 0.0394. The first-order valence-corrected chi connectivity index (χ1v) is 5.44. The molecule has 0 bridgehead atoms. The molecule has 0 aliphatic heterocycles. The smallest absolute Gasteiger partial charge is 0.123 e. The maximum atomic E-state index is 10.1. The molecule has 0 saturated carbocycles. The molecule has 0 aliphatic rings. The first-order valence-electron chi connectivity index (χ1n) is 5.44. The predicted molar refractivity (Wildman–Crippen MR) is 72.6 cm³/mol. The summed E-state index contributed by atoms with van der Waals surface area (Å²) in [7, 11) is 1.61. The molecule has 1 aromatic carbocycles. The van der Waals surface area contributed by atoms with E-state index in [1.165, 1.54) is 0 Å². The van der Waals surface area contributed by atoms with E-state index in [1.807, 2.05) is 45.0 Å². The molecular formula is C13H22ClNO2. The van der Waals surface area contributed by atoms with Crippen molar-refractivity contribution in [3.8, 4) is 5.75 Å². The van der Waals surface area contributed by atoms with Crippen LogP contribution < -0.4 is 10.5 Å². The number of aliphatic hydroxyl groups excluding tert-OH is 1. The van der Waals surface area contributed by atoms with Gasteiger partial charge in [0.15, 0.2) is 0 Å². The van der Waals surface area contributed by atoms with Crippen LogP contribution >= 0.6 is 12.4 Å².